The zero-order valence-corrected chi connectivity index (χ0v) is 12.8. The lowest BCUT2D eigenvalue weighted by molar-refractivity contribution is 0.306. The number of nitrogens with zero attached hydrogens (tertiary/aromatic N) is 5. The summed E-state index contributed by atoms with van der Waals surface area (Å²) in [5, 5.41) is 15.3. The first-order valence-electron chi connectivity index (χ1n) is 6.76. The van der Waals surface area contributed by atoms with E-state index in [4.69, 9.17) is 22.1 Å². The zero-order chi connectivity index (χ0) is 16.1. The van der Waals surface area contributed by atoms with Gasteiger partial charge in [-0.2, -0.15) is 5.10 Å². The van der Waals surface area contributed by atoms with Gasteiger partial charge < -0.3 is 10.5 Å². The molecule has 0 bridgehead atoms. The predicted molar refractivity (Wildman–Crippen MR) is 87.4 cm³/mol. The van der Waals surface area contributed by atoms with E-state index in [2.05, 4.69) is 20.6 Å². The van der Waals surface area contributed by atoms with Crippen LogP contribution in [0.5, 0.6) is 5.75 Å². The maximum atomic E-state index is 5.85. The molecule has 23 heavy (non-hydrogen) atoms. The highest BCUT2D eigenvalue weighted by Gasteiger charge is 1.99. The molecular weight excluding hydrogens is 316 g/mol. The summed E-state index contributed by atoms with van der Waals surface area (Å²) in [4.78, 5) is 1.14. The molecule has 0 radical (unpaired) electrons. The maximum Gasteiger partial charge on any atom is 0.263 e. The van der Waals surface area contributed by atoms with Crippen LogP contribution in [0.4, 0.5) is 5.95 Å². The Balaban J connectivity index is 1.59. The summed E-state index contributed by atoms with van der Waals surface area (Å²) in [5.41, 5.74) is 7.44. The van der Waals surface area contributed by atoms with Gasteiger partial charge in [-0.3, -0.25) is 0 Å². The van der Waals surface area contributed by atoms with Crippen molar-refractivity contribution in [2.24, 2.45) is 5.10 Å². The fourth-order valence-electron chi connectivity index (χ4n) is 1.79. The van der Waals surface area contributed by atoms with Crippen LogP contribution in [0.15, 0.2) is 53.6 Å². The van der Waals surface area contributed by atoms with E-state index < -0.39 is 0 Å². The fourth-order valence-corrected chi connectivity index (χ4v) is 1.92. The van der Waals surface area contributed by atoms with Crippen molar-refractivity contribution in [3.05, 3.63) is 64.7 Å². The molecule has 3 rings (SSSR count). The van der Waals surface area contributed by atoms with Crippen molar-refractivity contribution in [1.82, 2.24) is 20.3 Å². The zero-order valence-electron chi connectivity index (χ0n) is 12.0. The minimum Gasteiger partial charge on any atom is -0.489 e. The molecule has 0 amide bonds. The van der Waals surface area contributed by atoms with Gasteiger partial charge in [-0.1, -0.05) is 33.6 Å². The first-order chi connectivity index (χ1) is 11.2. The van der Waals surface area contributed by atoms with E-state index in [-0.39, 0.29) is 5.95 Å². The van der Waals surface area contributed by atoms with Crippen LogP contribution in [0.1, 0.15) is 11.1 Å². The number of nitrogens with two attached hydrogens (primary N) is 1. The predicted octanol–water partition coefficient (Wildman–Crippen LogP) is 2.37. The summed E-state index contributed by atoms with van der Waals surface area (Å²) in [6.45, 7) is 0.478. The van der Waals surface area contributed by atoms with Gasteiger partial charge in [0.05, 0.1) is 6.21 Å². The number of aromatic nitrogens is 4. The molecule has 1 aromatic heterocycles. The number of nitrogen functional groups attached to an aromatic ring is 1. The van der Waals surface area contributed by atoms with Crippen LogP contribution in [0.3, 0.4) is 0 Å². The Kier molecular flexibility index (Phi) is 4.49. The molecule has 0 spiro atoms. The number of ether oxygens (including phenoxy) is 1. The minimum absolute atomic E-state index is 0.129. The molecule has 8 heteroatoms. The third-order valence-corrected chi connectivity index (χ3v) is 3.24. The van der Waals surface area contributed by atoms with E-state index in [1.54, 1.807) is 6.21 Å². The average Bonchev–Trinajstić information content (AvgIpc) is 2.98. The molecule has 0 unspecified atom stereocenters. The number of hydrogen-bond donors (Lipinski definition) is 1. The number of halogens is 1. The van der Waals surface area contributed by atoms with Gasteiger partial charge in [0.25, 0.3) is 5.95 Å². The molecule has 0 aliphatic rings. The Bertz CT molecular complexity index is 798. The van der Waals surface area contributed by atoms with Gasteiger partial charge in [0.2, 0.25) is 0 Å². The fraction of sp³-hybridized carbons (Fsp3) is 0.0667. The van der Waals surface area contributed by atoms with Gasteiger partial charge in [0, 0.05) is 5.02 Å². The number of anilines is 1. The molecule has 0 fully saturated rings. The molecule has 2 aromatic carbocycles. The monoisotopic (exact) mass is 328 g/mol. The van der Waals surface area contributed by atoms with Crippen molar-refractivity contribution in [2.75, 3.05) is 5.73 Å². The molecule has 7 nitrogen and oxygen atoms in total. The van der Waals surface area contributed by atoms with Crippen LogP contribution in [0.25, 0.3) is 0 Å². The van der Waals surface area contributed by atoms with Crippen molar-refractivity contribution in [3.63, 3.8) is 0 Å². The van der Waals surface area contributed by atoms with Crippen molar-refractivity contribution in [1.29, 1.82) is 0 Å². The van der Waals surface area contributed by atoms with Crippen LogP contribution >= 0.6 is 11.6 Å². The quantitative estimate of drug-likeness (QED) is 0.726. The molecule has 0 aliphatic carbocycles. The van der Waals surface area contributed by atoms with E-state index in [9.17, 15) is 0 Å². The molecule has 0 saturated carbocycles. The van der Waals surface area contributed by atoms with E-state index in [1.807, 2.05) is 48.5 Å². The number of tetrazole rings is 1. The topological polar surface area (TPSA) is 91.2 Å². The highest BCUT2D eigenvalue weighted by Crippen LogP contribution is 2.15. The molecule has 3 aromatic rings. The summed E-state index contributed by atoms with van der Waals surface area (Å²) in [5.74, 6) is 0.892. The summed E-state index contributed by atoms with van der Waals surface area (Å²) in [6.07, 6.45) is 1.61. The van der Waals surface area contributed by atoms with Crippen LogP contribution in [0.2, 0.25) is 5.02 Å². The Morgan fingerprint density at radius 2 is 1.87 bits per heavy atom. The molecular formula is C15H13ClN6O. The Morgan fingerprint density at radius 1 is 1.13 bits per heavy atom. The van der Waals surface area contributed by atoms with Crippen molar-refractivity contribution >= 4 is 23.8 Å². The minimum atomic E-state index is 0.129. The van der Waals surface area contributed by atoms with E-state index in [0.29, 0.717) is 11.6 Å². The van der Waals surface area contributed by atoms with Gasteiger partial charge in [-0.15, -0.1) is 0 Å². The van der Waals surface area contributed by atoms with Gasteiger partial charge >= 0.3 is 0 Å². The number of rotatable bonds is 5. The average molecular weight is 329 g/mol. The second kappa shape index (κ2) is 6.89. The van der Waals surface area contributed by atoms with Crippen LogP contribution < -0.4 is 10.5 Å². The van der Waals surface area contributed by atoms with E-state index in [1.165, 1.54) is 0 Å². The Labute approximate surface area is 137 Å². The second-order valence-corrected chi connectivity index (χ2v) is 5.09. The molecule has 0 atom stereocenters. The van der Waals surface area contributed by atoms with Gasteiger partial charge in [-0.25, -0.2) is 0 Å². The lowest BCUT2D eigenvalue weighted by Crippen LogP contribution is -1.99. The second-order valence-electron chi connectivity index (χ2n) is 4.66. The Morgan fingerprint density at radius 3 is 2.52 bits per heavy atom. The molecule has 2 N–H and O–H groups in total. The first-order valence-corrected chi connectivity index (χ1v) is 7.14. The molecule has 0 saturated heterocycles. The molecule has 0 aliphatic heterocycles. The van der Waals surface area contributed by atoms with Gasteiger partial charge in [-0.05, 0) is 58.0 Å². The van der Waals surface area contributed by atoms with E-state index in [0.717, 1.165) is 21.7 Å². The summed E-state index contributed by atoms with van der Waals surface area (Å²) in [7, 11) is 0. The van der Waals surface area contributed by atoms with Crippen LogP contribution in [-0.2, 0) is 6.61 Å². The first kappa shape index (κ1) is 15.0. The molecule has 1 heterocycles. The largest absolute Gasteiger partial charge is 0.489 e. The highest BCUT2D eigenvalue weighted by atomic mass is 35.5. The highest BCUT2D eigenvalue weighted by molar-refractivity contribution is 6.30. The lowest BCUT2D eigenvalue weighted by atomic mass is 10.2. The number of hydrogen-bond acceptors (Lipinski definition) is 6. The third-order valence-electron chi connectivity index (χ3n) is 2.99. The molecule has 116 valence electrons. The lowest BCUT2D eigenvalue weighted by Gasteiger charge is -2.06. The van der Waals surface area contributed by atoms with Gasteiger partial charge in [0.1, 0.15) is 12.4 Å². The van der Waals surface area contributed by atoms with E-state index >= 15 is 0 Å². The normalized spacial score (nSPS) is 11.0. The van der Waals surface area contributed by atoms with Crippen molar-refractivity contribution in [3.8, 4) is 5.75 Å². The SMILES string of the molecule is Nc1nnnn1/N=C\c1ccc(OCc2ccc(Cl)cc2)cc1. The van der Waals surface area contributed by atoms with Crippen LogP contribution in [-0.4, -0.2) is 26.5 Å². The summed E-state index contributed by atoms with van der Waals surface area (Å²) < 4.78 is 5.71. The standard InChI is InChI=1S/C15H13ClN6O/c16-13-5-1-12(2-6-13)10-23-14-7-3-11(4-8-14)9-18-22-15(17)19-20-21-22/h1-9H,10H2,(H2,17,19,21)/b18-9-. The maximum absolute atomic E-state index is 5.85. The smallest absolute Gasteiger partial charge is 0.263 e. The van der Waals surface area contributed by atoms with Crippen LogP contribution in [0, 0.1) is 0 Å². The third kappa shape index (κ3) is 4.04. The number of benzene rings is 2. The van der Waals surface area contributed by atoms with Crippen molar-refractivity contribution < 1.29 is 4.74 Å². The summed E-state index contributed by atoms with van der Waals surface area (Å²) >= 11 is 5.85. The summed E-state index contributed by atoms with van der Waals surface area (Å²) in [6, 6.07) is 15.0. The van der Waals surface area contributed by atoms with Gasteiger partial charge in [0.15, 0.2) is 0 Å². The Hall–Kier alpha value is -2.93. The van der Waals surface area contributed by atoms with Crippen molar-refractivity contribution in [2.45, 2.75) is 6.61 Å².